The van der Waals surface area contributed by atoms with Gasteiger partial charge in [-0.3, -0.25) is 0 Å². The lowest BCUT2D eigenvalue weighted by Crippen LogP contribution is -1.93. The van der Waals surface area contributed by atoms with Crippen LogP contribution >= 0.6 is 0 Å². The highest BCUT2D eigenvalue weighted by Crippen LogP contribution is 2.26. The van der Waals surface area contributed by atoms with Crippen molar-refractivity contribution < 1.29 is 0 Å². The summed E-state index contributed by atoms with van der Waals surface area (Å²) in [6.45, 7) is 2.27. The van der Waals surface area contributed by atoms with Gasteiger partial charge in [0.25, 0.3) is 0 Å². The number of aromatic nitrogens is 1. The first-order valence-corrected chi connectivity index (χ1v) is 9.86. The second-order valence-electron chi connectivity index (χ2n) is 7.12. The number of nitrogens with zero attached hydrogens (tertiary/aromatic N) is 1. The predicted molar refractivity (Wildman–Crippen MR) is 110 cm³/mol. The number of para-hydroxylation sites is 1. The molecule has 0 aliphatic carbocycles. The number of fused-ring (bicyclic) bond motifs is 2. The van der Waals surface area contributed by atoms with Crippen molar-refractivity contribution in [2.24, 2.45) is 0 Å². The average Bonchev–Trinajstić information content (AvgIpc) is 2.63. The molecule has 2 aromatic carbocycles. The number of anilines is 1. The molecule has 3 aromatic rings. The van der Waals surface area contributed by atoms with Crippen LogP contribution < -0.4 is 5.73 Å². The molecule has 25 heavy (non-hydrogen) atoms. The Morgan fingerprint density at radius 2 is 1.56 bits per heavy atom. The molecular weight excluding hydrogens is 304 g/mol. The van der Waals surface area contributed by atoms with E-state index in [4.69, 9.17) is 10.7 Å². The molecule has 0 saturated heterocycles. The molecule has 2 N–H and O–H groups in total. The van der Waals surface area contributed by atoms with Crippen LogP contribution in [-0.4, -0.2) is 4.98 Å². The summed E-state index contributed by atoms with van der Waals surface area (Å²) in [7, 11) is 0. The molecule has 132 valence electrons. The number of rotatable bonds is 9. The van der Waals surface area contributed by atoms with Crippen LogP contribution in [0.5, 0.6) is 0 Å². The highest BCUT2D eigenvalue weighted by molar-refractivity contribution is 5.98. The van der Waals surface area contributed by atoms with Crippen molar-refractivity contribution in [1.29, 1.82) is 0 Å². The number of nitrogens with two attached hydrogens (primary N) is 1. The summed E-state index contributed by atoms with van der Waals surface area (Å²) < 4.78 is 0. The minimum absolute atomic E-state index is 0.757. The zero-order valence-electron chi connectivity index (χ0n) is 15.4. The summed E-state index contributed by atoms with van der Waals surface area (Å²) in [6.07, 6.45) is 12.0. The van der Waals surface area contributed by atoms with Crippen molar-refractivity contribution in [2.75, 3.05) is 5.73 Å². The van der Waals surface area contributed by atoms with E-state index in [1.165, 1.54) is 62.3 Å². The average molecular weight is 335 g/mol. The lowest BCUT2D eigenvalue weighted by molar-refractivity contribution is 0.576. The zero-order chi connectivity index (χ0) is 17.5. The molecule has 3 rings (SSSR count). The van der Waals surface area contributed by atoms with Gasteiger partial charge >= 0.3 is 0 Å². The Morgan fingerprint density at radius 3 is 2.36 bits per heavy atom. The molecule has 0 radical (unpaired) electrons. The van der Waals surface area contributed by atoms with Crippen molar-refractivity contribution in [2.45, 2.75) is 64.7 Å². The maximum Gasteiger partial charge on any atom is 0.0938 e. The summed E-state index contributed by atoms with van der Waals surface area (Å²) in [5, 5.41) is 2.42. The van der Waals surface area contributed by atoms with Gasteiger partial charge in [-0.05, 0) is 36.6 Å². The van der Waals surface area contributed by atoms with Gasteiger partial charge < -0.3 is 5.73 Å². The van der Waals surface area contributed by atoms with Crippen molar-refractivity contribution in [3.8, 4) is 0 Å². The van der Waals surface area contributed by atoms with Crippen molar-refractivity contribution in [3.63, 3.8) is 0 Å². The molecule has 1 heterocycles. The molecule has 2 nitrogen and oxygen atoms in total. The highest BCUT2D eigenvalue weighted by Gasteiger charge is 2.06. The molecule has 0 aliphatic heterocycles. The van der Waals surface area contributed by atoms with E-state index in [1.807, 2.05) is 12.1 Å². The molecule has 1 aromatic heterocycles. The summed E-state index contributed by atoms with van der Waals surface area (Å²) in [6, 6.07) is 14.8. The zero-order valence-corrected chi connectivity index (χ0v) is 15.4. The van der Waals surface area contributed by atoms with E-state index in [9.17, 15) is 0 Å². The maximum atomic E-state index is 6.08. The summed E-state index contributed by atoms with van der Waals surface area (Å²) in [5.41, 5.74) is 10.2. The van der Waals surface area contributed by atoms with Gasteiger partial charge in [0, 0.05) is 10.8 Å². The van der Waals surface area contributed by atoms with Crippen LogP contribution in [0.25, 0.3) is 21.8 Å². The van der Waals surface area contributed by atoms with Crippen LogP contribution in [0, 0.1) is 0 Å². The molecule has 0 spiro atoms. The van der Waals surface area contributed by atoms with Crippen LogP contribution in [0.15, 0.2) is 42.5 Å². The fourth-order valence-electron chi connectivity index (χ4n) is 3.63. The first-order chi connectivity index (χ1) is 12.3. The van der Waals surface area contributed by atoms with Gasteiger partial charge in [0.2, 0.25) is 0 Å². The van der Waals surface area contributed by atoms with Gasteiger partial charge in [0.15, 0.2) is 0 Å². The molecule has 0 bridgehead atoms. The Hall–Kier alpha value is -2.09. The Balaban J connectivity index is 1.64. The third-order valence-corrected chi connectivity index (χ3v) is 5.10. The third kappa shape index (κ3) is 4.50. The fraction of sp³-hybridized carbons (Fsp3) is 0.435. The van der Waals surface area contributed by atoms with E-state index in [0.717, 1.165) is 28.5 Å². The third-order valence-electron chi connectivity index (χ3n) is 5.10. The van der Waals surface area contributed by atoms with Gasteiger partial charge in [-0.25, -0.2) is 4.98 Å². The lowest BCUT2D eigenvalue weighted by Gasteiger charge is -2.09. The van der Waals surface area contributed by atoms with E-state index < -0.39 is 0 Å². The van der Waals surface area contributed by atoms with Crippen LogP contribution in [0.2, 0.25) is 0 Å². The van der Waals surface area contributed by atoms with Crippen LogP contribution in [0.1, 0.15) is 63.9 Å². The second kappa shape index (κ2) is 8.84. The molecule has 0 atom stereocenters. The number of benzene rings is 2. The van der Waals surface area contributed by atoms with E-state index in [-0.39, 0.29) is 0 Å². The van der Waals surface area contributed by atoms with E-state index in [1.54, 1.807) is 0 Å². The quantitative estimate of drug-likeness (QED) is 0.270. The Kier molecular flexibility index (Phi) is 6.27. The minimum Gasteiger partial charge on any atom is -0.397 e. The van der Waals surface area contributed by atoms with E-state index in [2.05, 4.69) is 37.3 Å². The molecule has 2 heteroatoms. The molecule has 0 saturated carbocycles. The Morgan fingerprint density at radius 1 is 0.840 bits per heavy atom. The number of hydrogen-bond acceptors (Lipinski definition) is 2. The fourth-order valence-corrected chi connectivity index (χ4v) is 3.63. The number of pyridine rings is 1. The summed E-state index contributed by atoms with van der Waals surface area (Å²) >= 11 is 0. The topological polar surface area (TPSA) is 38.9 Å². The molecule has 0 unspecified atom stereocenters. The predicted octanol–water partition coefficient (Wildman–Crippen LogP) is 6.65. The van der Waals surface area contributed by atoms with Gasteiger partial charge in [-0.1, -0.05) is 76.1 Å². The molecular formula is C23H30N2. The summed E-state index contributed by atoms with van der Waals surface area (Å²) in [4.78, 5) is 4.80. The standard InChI is InChI=1S/C23H30N2/c1-2-3-4-5-6-7-8-9-12-18-13-11-16-22-20(18)17-19-14-10-15-21(24)23(19)25-22/h10-11,13-17H,2-9,12,24H2,1H3. The molecule has 0 aliphatic rings. The second-order valence-corrected chi connectivity index (χ2v) is 7.12. The van der Waals surface area contributed by atoms with Gasteiger partial charge in [-0.2, -0.15) is 0 Å². The van der Waals surface area contributed by atoms with Crippen LogP contribution in [0.4, 0.5) is 5.69 Å². The maximum absolute atomic E-state index is 6.08. The minimum atomic E-state index is 0.757. The number of hydrogen-bond donors (Lipinski definition) is 1. The van der Waals surface area contributed by atoms with E-state index >= 15 is 0 Å². The SMILES string of the molecule is CCCCCCCCCCc1cccc2nc3c(N)cccc3cc12. The highest BCUT2D eigenvalue weighted by atomic mass is 14.7. The number of aryl methyl sites for hydroxylation is 1. The van der Waals surface area contributed by atoms with E-state index in [0.29, 0.717) is 0 Å². The first-order valence-electron chi connectivity index (χ1n) is 9.86. The van der Waals surface area contributed by atoms with Crippen molar-refractivity contribution in [1.82, 2.24) is 4.98 Å². The van der Waals surface area contributed by atoms with Gasteiger partial charge in [0.05, 0.1) is 16.7 Å². The normalized spacial score (nSPS) is 11.4. The van der Waals surface area contributed by atoms with Crippen molar-refractivity contribution in [3.05, 3.63) is 48.0 Å². The first kappa shape index (κ1) is 17.7. The Labute approximate surface area is 151 Å². The van der Waals surface area contributed by atoms with Crippen molar-refractivity contribution >= 4 is 27.5 Å². The molecule has 0 fully saturated rings. The smallest absolute Gasteiger partial charge is 0.0938 e. The van der Waals surface area contributed by atoms with Crippen LogP contribution in [-0.2, 0) is 6.42 Å². The van der Waals surface area contributed by atoms with Crippen LogP contribution in [0.3, 0.4) is 0 Å². The van der Waals surface area contributed by atoms with Gasteiger partial charge in [0.1, 0.15) is 0 Å². The number of nitrogen functional groups attached to an aromatic ring is 1. The monoisotopic (exact) mass is 334 g/mol. The number of unbranched alkanes of at least 4 members (excludes halogenated alkanes) is 7. The lowest BCUT2D eigenvalue weighted by atomic mass is 9.99. The summed E-state index contributed by atoms with van der Waals surface area (Å²) in [5.74, 6) is 0. The van der Waals surface area contributed by atoms with Gasteiger partial charge in [-0.15, -0.1) is 0 Å². The molecule has 0 amide bonds. The largest absolute Gasteiger partial charge is 0.397 e. The Bertz CT molecular complexity index is 823.